The molecule has 23 heavy (non-hydrogen) atoms. The van der Waals surface area contributed by atoms with Gasteiger partial charge in [0.05, 0.1) is 5.56 Å². The Morgan fingerprint density at radius 3 is 2.35 bits per heavy atom. The van der Waals surface area contributed by atoms with Crippen molar-refractivity contribution in [2.75, 3.05) is 4.90 Å². The van der Waals surface area contributed by atoms with Gasteiger partial charge in [-0.25, -0.2) is 4.79 Å². The Kier molecular flexibility index (Phi) is 3.90. The average Bonchev–Trinajstić information content (AvgIpc) is 2.54. The normalized spacial score (nSPS) is 16.8. The van der Waals surface area contributed by atoms with E-state index in [0.717, 1.165) is 35.2 Å². The molecule has 4 heteroatoms. The molecular formula is C19H19NO3. The summed E-state index contributed by atoms with van der Waals surface area (Å²) in [6, 6.07) is 13.2. The minimum Gasteiger partial charge on any atom is -0.478 e. The minimum absolute atomic E-state index is 0.0667. The number of fused-ring (bicyclic) bond motifs is 1. The molecule has 0 spiro atoms. The fraction of sp³-hybridized carbons (Fsp3) is 0.263. The van der Waals surface area contributed by atoms with Gasteiger partial charge in [0.25, 0.3) is 0 Å². The molecular weight excluding hydrogens is 290 g/mol. The van der Waals surface area contributed by atoms with Crippen molar-refractivity contribution in [1.82, 2.24) is 0 Å². The SMILES string of the molecule is CC(=O)N1c2ccc(-c3ccc(C(=O)O)cc3)cc2CC[C@@H]1C. The van der Waals surface area contributed by atoms with Gasteiger partial charge >= 0.3 is 5.97 Å². The summed E-state index contributed by atoms with van der Waals surface area (Å²) < 4.78 is 0. The Labute approximate surface area is 135 Å². The van der Waals surface area contributed by atoms with Crippen molar-refractivity contribution in [2.45, 2.75) is 32.7 Å². The molecule has 3 rings (SSSR count). The zero-order chi connectivity index (χ0) is 16.6. The third kappa shape index (κ3) is 2.84. The van der Waals surface area contributed by atoms with Crippen LogP contribution in [0.15, 0.2) is 42.5 Å². The number of nitrogens with zero attached hydrogens (tertiary/aromatic N) is 1. The highest BCUT2D eigenvalue weighted by Gasteiger charge is 2.26. The summed E-state index contributed by atoms with van der Waals surface area (Å²) in [5.41, 5.74) is 4.45. The zero-order valence-electron chi connectivity index (χ0n) is 13.2. The summed E-state index contributed by atoms with van der Waals surface area (Å²) in [5, 5.41) is 8.97. The van der Waals surface area contributed by atoms with Crippen molar-refractivity contribution < 1.29 is 14.7 Å². The number of hydrogen-bond acceptors (Lipinski definition) is 2. The maximum absolute atomic E-state index is 11.9. The summed E-state index contributed by atoms with van der Waals surface area (Å²) in [6.07, 6.45) is 1.90. The smallest absolute Gasteiger partial charge is 0.335 e. The Hall–Kier alpha value is -2.62. The highest BCUT2D eigenvalue weighted by Crippen LogP contribution is 2.34. The quantitative estimate of drug-likeness (QED) is 0.919. The van der Waals surface area contributed by atoms with E-state index >= 15 is 0 Å². The summed E-state index contributed by atoms with van der Waals surface area (Å²) in [7, 11) is 0. The molecule has 2 aromatic rings. The molecule has 1 aliphatic rings. The van der Waals surface area contributed by atoms with Gasteiger partial charge in [0.15, 0.2) is 0 Å². The maximum Gasteiger partial charge on any atom is 0.335 e. The molecule has 0 aliphatic carbocycles. The summed E-state index contributed by atoms with van der Waals surface area (Å²) in [6.45, 7) is 3.67. The first-order valence-electron chi connectivity index (χ1n) is 7.74. The Bertz CT molecular complexity index is 765. The first-order valence-corrected chi connectivity index (χ1v) is 7.74. The number of carboxylic acid groups (broad SMARTS) is 1. The van der Waals surface area contributed by atoms with Crippen LogP contribution in [0, 0.1) is 0 Å². The molecule has 1 atom stereocenters. The molecule has 1 aliphatic heterocycles. The van der Waals surface area contributed by atoms with Crippen LogP contribution in [-0.4, -0.2) is 23.0 Å². The predicted molar refractivity (Wildman–Crippen MR) is 89.8 cm³/mol. The number of rotatable bonds is 2. The van der Waals surface area contributed by atoms with Crippen molar-refractivity contribution in [3.8, 4) is 11.1 Å². The predicted octanol–water partition coefficient (Wildman–Crippen LogP) is 3.74. The highest BCUT2D eigenvalue weighted by atomic mass is 16.4. The molecule has 0 aromatic heterocycles. The molecule has 1 N–H and O–H groups in total. The van der Waals surface area contributed by atoms with Crippen LogP contribution in [0.25, 0.3) is 11.1 Å². The van der Waals surface area contributed by atoms with E-state index in [1.165, 1.54) is 0 Å². The largest absolute Gasteiger partial charge is 0.478 e. The van der Waals surface area contributed by atoms with E-state index in [2.05, 4.69) is 13.0 Å². The second-order valence-electron chi connectivity index (χ2n) is 6.00. The van der Waals surface area contributed by atoms with Crippen LogP contribution in [0.5, 0.6) is 0 Å². The van der Waals surface area contributed by atoms with E-state index < -0.39 is 5.97 Å². The first-order chi connectivity index (χ1) is 11.0. The lowest BCUT2D eigenvalue weighted by atomic mass is 9.93. The number of aromatic carboxylic acids is 1. The summed E-state index contributed by atoms with van der Waals surface area (Å²) in [5.74, 6) is -0.856. The number of carbonyl (C=O) groups excluding carboxylic acids is 1. The van der Waals surface area contributed by atoms with Crippen LogP contribution in [0.1, 0.15) is 36.2 Å². The molecule has 4 nitrogen and oxygen atoms in total. The average molecular weight is 309 g/mol. The Morgan fingerprint density at radius 1 is 1.09 bits per heavy atom. The number of carbonyl (C=O) groups is 2. The van der Waals surface area contributed by atoms with Gasteiger partial charge in [-0.2, -0.15) is 0 Å². The summed E-state index contributed by atoms with van der Waals surface area (Å²) in [4.78, 5) is 24.7. The zero-order valence-corrected chi connectivity index (χ0v) is 13.2. The van der Waals surface area contributed by atoms with Crippen molar-refractivity contribution in [1.29, 1.82) is 0 Å². The van der Waals surface area contributed by atoms with E-state index in [-0.39, 0.29) is 17.5 Å². The van der Waals surface area contributed by atoms with E-state index in [9.17, 15) is 9.59 Å². The Morgan fingerprint density at radius 2 is 1.74 bits per heavy atom. The van der Waals surface area contributed by atoms with E-state index in [0.29, 0.717) is 0 Å². The molecule has 1 heterocycles. The second kappa shape index (κ2) is 5.88. The van der Waals surface area contributed by atoms with Crippen molar-refractivity contribution in [3.63, 3.8) is 0 Å². The van der Waals surface area contributed by atoms with E-state index in [4.69, 9.17) is 5.11 Å². The topological polar surface area (TPSA) is 57.6 Å². The lowest BCUT2D eigenvalue weighted by Gasteiger charge is -2.34. The molecule has 2 aromatic carbocycles. The number of anilines is 1. The van der Waals surface area contributed by atoms with Crippen LogP contribution in [0.3, 0.4) is 0 Å². The number of amides is 1. The molecule has 0 unspecified atom stereocenters. The van der Waals surface area contributed by atoms with Gasteiger partial charge in [0, 0.05) is 18.7 Å². The van der Waals surface area contributed by atoms with Gasteiger partial charge in [-0.1, -0.05) is 18.2 Å². The monoisotopic (exact) mass is 309 g/mol. The lowest BCUT2D eigenvalue weighted by molar-refractivity contribution is -0.117. The molecule has 0 saturated heterocycles. The molecule has 0 fully saturated rings. The fourth-order valence-electron chi connectivity index (χ4n) is 3.22. The van der Waals surface area contributed by atoms with Gasteiger partial charge < -0.3 is 10.0 Å². The number of hydrogen-bond donors (Lipinski definition) is 1. The van der Waals surface area contributed by atoms with Gasteiger partial charge in [-0.3, -0.25) is 4.79 Å². The first kappa shape index (κ1) is 15.3. The molecule has 0 radical (unpaired) electrons. The third-order valence-electron chi connectivity index (χ3n) is 4.42. The van der Waals surface area contributed by atoms with Crippen molar-refractivity contribution in [3.05, 3.63) is 53.6 Å². The van der Waals surface area contributed by atoms with Crippen molar-refractivity contribution in [2.24, 2.45) is 0 Å². The fourth-order valence-corrected chi connectivity index (χ4v) is 3.22. The number of benzene rings is 2. The highest BCUT2D eigenvalue weighted by molar-refractivity contribution is 5.94. The molecule has 0 bridgehead atoms. The van der Waals surface area contributed by atoms with Gasteiger partial charge in [-0.15, -0.1) is 0 Å². The summed E-state index contributed by atoms with van der Waals surface area (Å²) >= 11 is 0. The molecule has 1 amide bonds. The standard InChI is InChI=1S/C19H19NO3/c1-12-3-4-17-11-16(9-10-18(17)20(12)13(2)21)14-5-7-15(8-6-14)19(22)23/h5-12H,3-4H2,1-2H3,(H,22,23)/t12-/m0/s1. The minimum atomic E-state index is -0.923. The van der Waals surface area contributed by atoms with Crippen LogP contribution >= 0.6 is 0 Å². The van der Waals surface area contributed by atoms with Crippen LogP contribution in [-0.2, 0) is 11.2 Å². The van der Waals surface area contributed by atoms with Gasteiger partial charge in [0.2, 0.25) is 5.91 Å². The van der Waals surface area contributed by atoms with E-state index in [1.807, 2.05) is 29.2 Å². The van der Waals surface area contributed by atoms with Gasteiger partial charge in [0.1, 0.15) is 0 Å². The number of carboxylic acids is 1. The number of aryl methyl sites for hydroxylation is 1. The lowest BCUT2D eigenvalue weighted by Crippen LogP contribution is -2.40. The third-order valence-corrected chi connectivity index (χ3v) is 4.42. The van der Waals surface area contributed by atoms with Crippen LogP contribution in [0.2, 0.25) is 0 Å². The van der Waals surface area contributed by atoms with Crippen LogP contribution in [0.4, 0.5) is 5.69 Å². The Balaban J connectivity index is 1.98. The van der Waals surface area contributed by atoms with Gasteiger partial charge in [-0.05, 0) is 60.7 Å². The second-order valence-corrected chi connectivity index (χ2v) is 6.00. The van der Waals surface area contributed by atoms with E-state index in [1.54, 1.807) is 19.1 Å². The van der Waals surface area contributed by atoms with Crippen molar-refractivity contribution >= 4 is 17.6 Å². The molecule has 118 valence electrons. The maximum atomic E-state index is 11.9. The van der Waals surface area contributed by atoms with Crippen LogP contribution < -0.4 is 4.90 Å². The molecule has 0 saturated carbocycles.